The third-order valence-electron chi connectivity index (χ3n) is 3.07. The van der Waals surface area contributed by atoms with Crippen LogP contribution in [0.5, 0.6) is 0 Å². The smallest absolute Gasteiger partial charge is 0.240 e. The van der Waals surface area contributed by atoms with Crippen molar-refractivity contribution >= 4 is 21.4 Å². The summed E-state index contributed by atoms with van der Waals surface area (Å²) in [5.41, 5.74) is 2.30. The molecular weight excluding hydrogens is 320 g/mol. The van der Waals surface area contributed by atoms with Gasteiger partial charge in [-0.25, -0.2) is 13.1 Å². The van der Waals surface area contributed by atoms with Gasteiger partial charge in [-0.2, -0.15) is 11.3 Å². The number of methoxy groups -OCH3 is 1. The van der Waals surface area contributed by atoms with Crippen molar-refractivity contribution < 1.29 is 13.2 Å². The van der Waals surface area contributed by atoms with E-state index in [1.165, 1.54) is 12.7 Å². The van der Waals surface area contributed by atoms with Crippen molar-refractivity contribution in [3.8, 4) is 0 Å². The van der Waals surface area contributed by atoms with Crippen LogP contribution in [-0.4, -0.2) is 28.7 Å². The molecular formula is C15H20N2O3S2. The topological polar surface area (TPSA) is 67.4 Å². The zero-order valence-electron chi connectivity index (χ0n) is 12.4. The predicted molar refractivity (Wildman–Crippen MR) is 88.4 cm³/mol. The molecule has 0 bridgehead atoms. The molecule has 22 heavy (non-hydrogen) atoms. The van der Waals surface area contributed by atoms with Gasteiger partial charge in [0.15, 0.2) is 0 Å². The Kier molecular flexibility index (Phi) is 6.53. The molecule has 0 unspecified atom stereocenters. The Labute approximate surface area is 135 Å². The Balaban J connectivity index is 1.86. The molecule has 2 N–H and O–H groups in total. The number of ether oxygens (including phenoxy) is 1. The number of hydrogen-bond acceptors (Lipinski definition) is 5. The largest absolute Gasteiger partial charge is 0.383 e. The Morgan fingerprint density at radius 3 is 2.45 bits per heavy atom. The van der Waals surface area contributed by atoms with Gasteiger partial charge in [0, 0.05) is 26.7 Å². The minimum Gasteiger partial charge on any atom is -0.383 e. The van der Waals surface area contributed by atoms with Crippen molar-refractivity contribution in [2.45, 2.75) is 18.0 Å². The number of rotatable bonds is 9. The van der Waals surface area contributed by atoms with E-state index in [2.05, 4.69) is 21.5 Å². The molecule has 0 aliphatic heterocycles. The van der Waals surface area contributed by atoms with E-state index in [0.29, 0.717) is 13.2 Å². The van der Waals surface area contributed by atoms with Crippen LogP contribution in [0.3, 0.4) is 0 Å². The molecule has 5 nitrogen and oxygen atoms in total. The van der Waals surface area contributed by atoms with Crippen LogP contribution in [0.4, 0.5) is 0 Å². The third kappa shape index (κ3) is 5.19. The van der Waals surface area contributed by atoms with E-state index in [9.17, 15) is 8.42 Å². The lowest BCUT2D eigenvalue weighted by atomic mass is 10.2. The molecule has 1 aromatic carbocycles. The first-order chi connectivity index (χ1) is 10.6. The second-order valence-corrected chi connectivity index (χ2v) is 7.32. The fraction of sp³-hybridized carbons (Fsp3) is 0.333. The highest BCUT2D eigenvalue weighted by Crippen LogP contribution is 2.11. The Bertz CT molecular complexity index is 653. The fourth-order valence-corrected chi connectivity index (χ4v) is 3.57. The molecule has 120 valence electrons. The van der Waals surface area contributed by atoms with Crippen molar-refractivity contribution in [3.05, 3.63) is 52.2 Å². The highest BCUT2D eigenvalue weighted by atomic mass is 32.2. The highest BCUT2D eigenvalue weighted by molar-refractivity contribution is 7.89. The zero-order valence-corrected chi connectivity index (χ0v) is 14.0. The van der Waals surface area contributed by atoms with Gasteiger partial charge in [0.1, 0.15) is 0 Å². The van der Waals surface area contributed by atoms with E-state index in [4.69, 9.17) is 4.74 Å². The lowest BCUT2D eigenvalue weighted by molar-refractivity contribution is 0.204. The summed E-state index contributed by atoms with van der Waals surface area (Å²) in [4.78, 5) is 0.269. The highest BCUT2D eigenvalue weighted by Gasteiger charge is 2.12. The molecule has 0 amide bonds. The molecule has 0 radical (unpaired) electrons. The summed E-state index contributed by atoms with van der Waals surface area (Å²) in [6.07, 6.45) is 0. The summed E-state index contributed by atoms with van der Waals surface area (Å²) in [6.45, 7) is 2.13. The molecule has 1 aromatic heterocycles. The molecule has 0 saturated heterocycles. The van der Waals surface area contributed by atoms with E-state index < -0.39 is 10.0 Å². The average molecular weight is 340 g/mol. The summed E-state index contributed by atoms with van der Waals surface area (Å²) in [5.74, 6) is 0. The molecule has 0 spiro atoms. The van der Waals surface area contributed by atoms with Crippen LogP contribution in [0.1, 0.15) is 11.1 Å². The summed E-state index contributed by atoms with van der Waals surface area (Å²) in [6, 6.07) is 8.98. The number of thiophene rings is 1. The van der Waals surface area contributed by atoms with Crippen molar-refractivity contribution in [2.75, 3.05) is 20.3 Å². The quantitative estimate of drug-likeness (QED) is 0.685. The number of hydrogen-bond donors (Lipinski definition) is 2. The van der Waals surface area contributed by atoms with Crippen molar-refractivity contribution in [1.29, 1.82) is 0 Å². The van der Waals surface area contributed by atoms with Gasteiger partial charge >= 0.3 is 0 Å². The van der Waals surface area contributed by atoms with Crippen LogP contribution in [0.25, 0.3) is 0 Å². The number of sulfonamides is 1. The maximum Gasteiger partial charge on any atom is 0.240 e. The van der Waals surface area contributed by atoms with Crippen molar-refractivity contribution in [1.82, 2.24) is 10.0 Å². The molecule has 0 saturated carbocycles. The van der Waals surface area contributed by atoms with Gasteiger partial charge in [0.05, 0.1) is 11.5 Å². The third-order valence-corrected chi connectivity index (χ3v) is 5.28. The van der Waals surface area contributed by atoms with Crippen LogP contribution in [0.15, 0.2) is 46.0 Å². The van der Waals surface area contributed by atoms with E-state index in [0.717, 1.165) is 12.1 Å². The molecule has 0 aliphatic rings. The molecule has 2 aromatic rings. The van der Waals surface area contributed by atoms with E-state index in [1.807, 2.05) is 17.5 Å². The minimum absolute atomic E-state index is 0.267. The van der Waals surface area contributed by atoms with E-state index >= 15 is 0 Å². The summed E-state index contributed by atoms with van der Waals surface area (Å²) >= 11 is 1.68. The first-order valence-corrected chi connectivity index (χ1v) is 9.34. The SMILES string of the molecule is COCCNS(=O)(=O)c1ccc(CNCc2ccsc2)cc1. The molecule has 0 fully saturated rings. The Morgan fingerprint density at radius 2 is 1.82 bits per heavy atom. The molecule has 2 rings (SSSR count). The lowest BCUT2D eigenvalue weighted by Gasteiger charge is -2.08. The van der Waals surface area contributed by atoms with Crippen LogP contribution in [0.2, 0.25) is 0 Å². The first kappa shape index (κ1) is 17.1. The van der Waals surface area contributed by atoms with Crippen LogP contribution < -0.4 is 10.0 Å². The Hall–Kier alpha value is -1.25. The maximum absolute atomic E-state index is 12.0. The lowest BCUT2D eigenvalue weighted by Crippen LogP contribution is -2.27. The monoisotopic (exact) mass is 340 g/mol. The van der Waals surface area contributed by atoms with Gasteiger partial charge in [-0.3, -0.25) is 0 Å². The normalized spacial score (nSPS) is 11.7. The van der Waals surface area contributed by atoms with Gasteiger partial charge in [0.2, 0.25) is 10.0 Å². The number of nitrogens with one attached hydrogen (secondary N) is 2. The fourth-order valence-electron chi connectivity index (χ4n) is 1.89. The van der Waals surface area contributed by atoms with Crippen LogP contribution in [0, 0.1) is 0 Å². The van der Waals surface area contributed by atoms with Gasteiger partial charge in [-0.05, 0) is 40.1 Å². The molecule has 7 heteroatoms. The number of benzene rings is 1. The second kappa shape index (κ2) is 8.40. The summed E-state index contributed by atoms with van der Waals surface area (Å²) < 4.78 is 31.3. The summed E-state index contributed by atoms with van der Waals surface area (Å²) in [7, 11) is -1.92. The molecule has 1 heterocycles. The predicted octanol–water partition coefficient (Wildman–Crippen LogP) is 1.96. The standard InChI is InChI=1S/C15H20N2O3S2/c1-20-8-7-17-22(18,19)15-4-2-13(3-5-15)10-16-11-14-6-9-21-12-14/h2-6,9,12,16-17H,7-8,10-11H2,1H3. The van der Waals surface area contributed by atoms with E-state index in [-0.39, 0.29) is 11.4 Å². The van der Waals surface area contributed by atoms with Crippen LogP contribution in [-0.2, 0) is 27.8 Å². The van der Waals surface area contributed by atoms with Gasteiger partial charge in [0.25, 0.3) is 0 Å². The average Bonchev–Trinajstić information content (AvgIpc) is 3.01. The minimum atomic E-state index is -3.45. The maximum atomic E-state index is 12.0. The zero-order chi connectivity index (χ0) is 15.8. The Morgan fingerprint density at radius 1 is 1.09 bits per heavy atom. The van der Waals surface area contributed by atoms with Gasteiger partial charge in [-0.1, -0.05) is 12.1 Å². The molecule has 0 atom stereocenters. The first-order valence-electron chi connectivity index (χ1n) is 6.91. The second-order valence-electron chi connectivity index (χ2n) is 4.77. The van der Waals surface area contributed by atoms with E-state index in [1.54, 1.807) is 23.5 Å². The van der Waals surface area contributed by atoms with Crippen molar-refractivity contribution in [2.24, 2.45) is 0 Å². The van der Waals surface area contributed by atoms with Gasteiger partial charge in [-0.15, -0.1) is 0 Å². The van der Waals surface area contributed by atoms with Crippen LogP contribution >= 0.6 is 11.3 Å². The van der Waals surface area contributed by atoms with Gasteiger partial charge < -0.3 is 10.1 Å². The van der Waals surface area contributed by atoms with Crippen molar-refractivity contribution in [3.63, 3.8) is 0 Å². The summed E-state index contributed by atoms with van der Waals surface area (Å²) in [5, 5.41) is 7.48. The molecule has 0 aliphatic carbocycles.